The summed E-state index contributed by atoms with van der Waals surface area (Å²) >= 11 is 2.05. The van der Waals surface area contributed by atoms with Gasteiger partial charge >= 0.3 is 0 Å². The van der Waals surface area contributed by atoms with Crippen LogP contribution >= 0.6 is 11.8 Å². The fraction of sp³-hybridized carbons (Fsp3) is 1.00. The fourth-order valence-electron chi connectivity index (χ4n) is 3.69. The molecule has 5 heteroatoms. The van der Waals surface area contributed by atoms with Crippen LogP contribution in [0.15, 0.2) is 0 Å². The van der Waals surface area contributed by atoms with Crippen LogP contribution in [0, 0.1) is 0 Å². The van der Waals surface area contributed by atoms with Crippen molar-refractivity contribution in [2.45, 2.75) is 50.0 Å². The van der Waals surface area contributed by atoms with E-state index < -0.39 is 0 Å². The van der Waals surface area contributed by atoms with Crippen molar-refractivity contribution in [3.05, 3.63) is 0 Å². The quantitative estimate of drug-likeness (QED) is 0.823. The van der Waals surface area contributed by atoms with Crippen molar-refractivity contribution in [3.8, 4) is 0 Å². The smallest absolute Gasteiger partial charge is 0.0828 e. The van der Waals surface area contributed by atoms with Gasteiger partial charge in [0.15, 0.2) is 0 Å². The SMILES string of the molecule is CC1CN(C2CCOC3(CCSC3)C2)CC(CN)O1. The third kappa shape index (κ3) is 3.10. The number of ether oxygens (including phenoxy) is 2. The van der Waals surface area contributed by atoms with Gasteiger partial charge in [0.05, 0.1) is 17.8 Å². The highest BCUT2D eigenvalue weighted by Gasteiger charge is 2.43. The number of hydrogen-bond donors (Lipinski definition) is 1. The van der Waals surface area contributed by atoms with Crippen LogP contribution in [0.1, 0.15) is 26.2 Å². The van der Waals surface area contributed by atoms with Gasteiger partial charge in [-0.1, -0.05) is 0 Å². The van der Waals surface area contributed by atoms with Gasteiger partial charge in [0.25, 0.3) is 0 Å². The summed E-state index contributed by atoms with van der Waals surface area (Å²) in [4.78, 5) is 2.61. The molecule has 3 fully saturated rings. The van der Waals surface area contributed by atoms with Gasteiger partial charge in [-0.3, -0.25) is 4.90 Å². The van der Waals surface area contributed by atoms with Gasteiger partial charge in [-0.05, 0) is 31.9 Å². The van der Waals surface area contributed by atoms with Crippen molar-refractivity contribution in [1.29, 1.82) is 0 Å². The molecule has 110 valence electrons. The molecule has 0 aromatic carbocycles. The van der Waals surface area contributed by atoms with Crippen LogP contribution < -0.4 is 5.73 Å². The van der Waals surface area contributed by atoms with Crippen molar-refractivity contribution < 1.29 is 9.47 Å². The Bertz CT molecular complexity index is 310. The first kappa shape index (κ1) is 14.1. The lowest BCUT2D eigenvalue weighted by atomic mass is 9.88. The number of hydrogen-bond acceptors (Lipinski definition) is 5. The topological polar surface area (TPSA) is 47.7 Å². The summed E-state index contributed by atoms with van der Waals surface area (Å²) in [6.07, 6.45) is 4.11. The minimum absolute atomic E-state index is 0.174. The van der Waals surface area contributed by atoms with E-state index in [1.54, 1.807) is 0 Å². The van der Waals surface area contributed by atoms with Crippen LogP contribution in [0.25, 0.3) is 0 Å². The zero-order valence-electron chi connectivity index (χ0n) is 11.8. The minimum Gasteiger partial charge on any atom is -0.374 e. The Labute approximate surface area is 120 Å². The maximum atomic E-state index is 6.12. The zero-order chi connectivity index (χ0) is 13.3. The first-order valence-electron chi connectivity index (χ1n) is 7.52. The normalized spacial score (nSPS) is 44.8. The molecule has 0 radical (unpaired) electrons. The zero-order valence-corrected chi connectivity index (χ0v) is 12.7. The van der Waals surface area contributed by atoms with E-state index in [0.717, 1.165) is 26.1 Å². The Balaban J connectivity index is 1.64. The molecule has 0 aromatic rings. The van der Waals surface area contributed by atoms with Crippen molar-refractivity contribution in [2.24, 2.45) is 5.73 Å². The summed E-state index contributed by atoms with van der Waals surface area (Å²) in [6.45, 7) is 5.75. The Hall–Kier alpha value is 0.190. The average molecular weight is 286 g/mol. The molecule has 0 bridgehead atoms. The first-order chi connectivity index (χ1) is 9.21. The lowest BCUT2D eigenvalue weighted by molar-refractivity contribution is -0.127. The predicted molar refractivity (Wildman–Crippen MR) is 78.6 cm³/mol. The van der Waals surface area contributed by atoms with E-state index in [1.165, 1.54) is 24.3 Å². The predicted octanol–water partition coefficient (Wildman–Crippen LogP) is 1.09. The lowest BCUT2D eigenvalue weighted by Crippen LogP contribution is -2.56. The third-order valence-electron chi connectivity index (χ3n) is 4.67. The van der Waals surface area contributed by atoms with Crippen LogP contribution in [0.5, 0.6) is 0 Å². The Morgan fingerprint density at radius 2 is 2.32 bits per heavy atom. The molecule has 1 spiro atoms. The van der Waals surface area contributed by atoms with E-state index in [1.807, 2.05) is 11.8 Å². The van der Waals surface area contributed by atoms with Crippen LogP contribution in [-0.2, 0) is 9.47 Å². The second-order valence-corrected chi connectivity index (χ2v) is 7.34. The van der Waals surface area contributed by atoms with Gasteiger partial charge in [-0.15, -0.1) is 0 Å². The van der Waals surface area contributed by atoms with E-state index in [0.29, 0.717) is 18.7 Å². The van der Waals surface area contributed by atoms with Crippen molar-refractivity contribution in [2.75, 3.05) is 37.7 Å². The number of nitrogens with two attached hydrogens (primary N) is 1. The van der Waals surface area contributed by atoms with Crippen LogP contribution in [0.2, 0.25) is 0 Å². The van der Waals surface area contributed by atoms with E-state index >= 15 is 0 Å². The number of morpholine rings is 1. The highest BCUT2D eigenvalue weighted by Crippen LogP contribution is 2.39. The molecule has 4 atom stereocenters. The van der Waals surface area contributed by atoms with Gasteiger partial charge in [-0.25, -0.2) is 0 Å². The van der Waals surface area contributed by atoms with Gasteiger partial charge in [0.1, 0.15) is 0 Å². The monoisotopic (exact) mass is 286 g/mol. The van der Waals surface area contributed by atoms with Gasteiger partial charge in [-0.2, -0.15) is 11.8 Å². The summed E-state index contributed by atoms with van der Waals surface area (Å²) in [6, 6.07) is 0.660. The molecular weight excluding hydrogens is 260 g/mol. The molecule has 3 rings (SSSR count). The maximum Gasteiger partial charge on any atom is 0.0828 e. The van der Waals surface area contributed by atoms with Gasteiger partial charge in [0, 0.05) is 38.0 Å². The van der Waals surface area contributed by atoms with Crippen molar-refractivity contribution in [3.63, 3.8) is 0 Å². The fourth-order valence-corrected chi connectivity index (χ4v) is 5.06. The van der Waals surface area contributed by atoms with Crippen LogP contribution in [0.3, 0.4) is 0 Å². The standard InChI is InChI=1S/C14H26N2O2S/c1-11-8-16(9-13(7-15)18-11)12-2-4-17-14(6-12)3-5-19-10-14/h11-13H,2-10,15H2,1H3. The van der Waals surface area contributed by atoms with E-state index in [9.17, 15) is 0 Å². The third-order valence-corrected chi connectivity index (χ3v) is 5.89. The Morgan fingerprint density at radius 3 is 3.05 bits per heavy atom. The minimum atomic E-state index is 0.174. The average Bonchev–Trinajstić information content (AvgIpc) is 2.86. The molecule has 0 aromatic heterocycles. The Morgan fingerprint density at radius 1 is 1.42 bits per heavy atom. The molecule has 3 aliphatic rings. The van der Waals surface area contributed by atoms with E-state index in [4.69, 9.17) is 15.2 Å². The second kappa shape index (κ2) is 5.90. The van der Waals surface area contributed by atoms with Crippen LogP contribution in [-0.4, -0.2) is 66.5 Å². The van der Waals surface area contributed by atoms with Gasteiger partial charge in [0.2, 0.25) is 0 Å². The highest BCUT2D eigenvalue weighted by molar-refractivity contribution is 7.99. The summed E-state index contributed by atoms with van der Waals surface area (Å²) in [5.74, 6) is 2.45. The molecule has 3 heterocycles. The van der Waals surface area contributed by atoms with Gasteiger partial charge < -0.3 is 15.2 Å². The molecule has 19 heavy (non-hydrogen) atoms. The van der Waals surface area contributed by atoms with E-state index in [-0.39, 0.29) is 11.7 Å². The summed E-state index contributed by atoms with van der Waals surface area (Å²) in [5.41, 5.74) is 5.97. The molecule has 4 unspecified atom stereocenters. The Kier molecular flexibility index (Phi) is 4.39. The molecule has 0 aliphatic carbocycles. The van der Waals surface area contributed by atoms with E-state index in [2.05, 4.69) is 11.8 Å². The second-order valence-electron chi connectivity index (χ2n) is 6.24. The van der Waals surface area contributed by atoms with Crippen molar-refractivity contribution in [1.82, 2.24) is 4.90 Å². The van der Waals surface area contributed by atoms with Crippen LogP contribution in [0.4, 0.5) is 0 Å². The summed E-state index contributed by atoms with van der Waals surface area (Å²) < 4.78 is 12.0. The molecular formula is C14H26N2O2S. The molecule has 2 N–H and O–H groups in total. The highest BCUT2D eigenvalue weighted by atomic mass is 32.2. The summed E-state index contributed by atoms with van der Waals surface area (Å²) in [5, 5.41) is 0. The number of thioether (sulfide) groups is 1. The van der Waals surface area contributed by atoms with Crippen molar-refractivity contribution >= 4 is 11.8 Å². The molecule has 3 saturated heterocycles. The molecule has 0 amide bonds. The molecule has 0 saturated carbocycles. The largest absolute Gasteiger partial charge is 0.374 e. The summed E-state index contributed by atoms with van der Waals surface area (Å²) in [7, 11) is 0. The first-order valence-corrected chi connectivity index (χ1v) is 8.67. The number of nitrogens with zero attached hydrogens (tertiary/aromatic N) is 1. The molecule has 3 aliphatic heterocycles. The lowest BCUT2D eigenvalue weighted by Gasteiger charge is -2.46. The molecule has 4 nitrogen and oxygen atoms in total. The maximum absolute atomic E-state index is 6.12. The number of rotatable bonds is 2.